The van der Waals surface area contributed by atoms with Gasteiger partial charge in [0, 0.05) is 24.7 Å². The van der Waals surface area contributed by atoms with Crippen LogP contribution in [0.25, 0.3) is 0 Å². The third-order valence-corrected chi connectivity index (χ3v) is 2.95. The van der Waals surface area contributed by atoms with E-state index in [1.165, 1.54) is 12.1 Å². The van der Waals surface area contributed by atoms with Crippen LogP contribution in [-0.4, -0.2) is 24.5 Å². The molecule has 1 aromatic rings. The van der Waals surface area contributed by atoms with E-state index in [2.05, 4.69) is 4.90 Å². The van der Waals surface area contributed by atoms with Crippen LogP contribution in [0, 0.1) is 17.1 Å². The van der Waals surface area contributed by atoms with Crippen molar-refractivity contribution in [2.45, 2.75) is 19.9 Å². The van der Waals surface area contributed by atoms with Gasteiger partial charge in [-0.1, -0.05) is 6.92 Å². The Morgan fingerprint density at radius 3 is 2.76 bits per heavy atom. The lowest BCUT2D eigenvalue weighted by Crippen LogP contribution is -2.32. The lowest BCUT2D eigenvalue weighted by atomic mass is 10.0. The second-order valence-corrected chi connectivity index (χ2v) is 3.94. The van der Waals surface area contributed by atoms with Crippen LogP contribution in [0.5, 0.6) is 0 Å². The van der Waals surface area contributed by atoms with Gasteiger partial charge in [0.2, 0.25) is 0 Å². The first-order valence-corrected chi connectivity index (χ1v) is 5.77. The first-order valence-electron chi connectivity index (χ1n) is 5.77. The van der Waals surface area contributed by atoms with Gasteiger partial charge in [-0.05, 0) is 31.7 Å². The van der Waals surface area contributed by atoms with Crippen molar-refractivity contribution in [3.05, 3.63) is 35.1 Å². The molecule has 0 saturated heterocycles. The molecule has 4 heteroatoms. The molecule has 0 fully saturated rings. The number of nitrogens with zero attached hydrogens (tertiary/aromatic N) is 2. The second-order valence-electron chi connectivity index (χ2n) is 3.94. The van der Waals surface area contributed by atoms with Gasteiger partial charge in [0.25, 0.3) is 0 Å². The lowest BCUT2D eigenvalue weighted by Gasteiger charge is -2.27. The molecule has 0 amide bonds. The van der Waals surface area contributed by atoms with Gasteiger partial charge in [0.05, 0.1) is 11.6 Å². The molecular formula is C13H18FN3. The number of rotatable bonds is 5. The van der Waals surface area contributed by atoms with E-state index in [9.17, 15) is 4.39 Å². The Morgan fingerprint density at radius 2 is 2.24 bits per heavy atom. The number of nitriles is 1. The van der Waals surface area contributed by atoms with E-state index in [-0.39, 0.29) is 11.9 Å². The van der Waals surface area contributed by atoms with Gasteiger partial charge in [-0.25, -0.2) is 4.39 Å². The van der Waals surface area contributed by atoms with Crippen LogP contribution >= 0.6 is 0 Å². The zero-order chi connectivity index (χ0) is 12.8. The largest absolute Gasteiger partial charge is 0.329 e. The normalized spacial score (nSPS) is 12.5. The number of nitrogens with two attached hydrogens (primary N) is 1. The van der Waals surface area contributed by atoms with Crippen molar-refractivity contribution in [1.29, 1.82) is 5.26 Å². The average Bonchev–Trinajstić information content (AvgIpc) is 2.35. The number of halogens is 1. The molecule has 0 aliphatic heterocycles. The summed E-state index contributed by atoms with van der Waals surface area (Å²) in [6.07, 6.45) is 0. The molecule has 17 heavy (non-hydrogen) atoms. The highest BCUT2D eigenvalue weighted by molar-refractivity contribution is 5.35. The third kappa shape index (κ3) is 3.26. The molecular weight excluding hydrogens is 217 g/mol. The fourth-order valence-corrected chi connectivity index (χ4v) is 1.92. The van der Waals surface area contributed by atoms with Crippen molar-refractivity contribution >= 4 is 0 Å². The molecule has 0 aromatic heterocycles. The summed E-state index contributed by atoms with van der Waals surface area (Å²) in [5.74, 6) is -0.271. The Morgan fingerprint density at radius 1 is 1.53 bits per heavy atom. The average molecular weight is 235 g/mol. The topological polar surface area (TPSA) is 53.0 Å². The molecule has 1 rings (SSSR count). The minimum absolute atomic E-state index is 0.0724. The minimum atomic E-state index is -0.271. The molecule has 1 atom stereocenters. The summed E-state index contributed by atoms with van der Waals surface area (Å²) in [6, 6.07) is 6.41. The first kappa shape index (κ1) is 13.6. The highest BCUT2D eigenvalue weighted by Crippen LogP contribution is 2.23. The Bertz CT molecular complexity index is 412. The molecule has 0 spiro atoms. The van der Waals surface area contributed by atoms with Crippen LogP contribution in [0.3, 0.4) is 0 Å². The van der Waals surface area contributed by atoms with E-state index in [1.807, 2.05) is 19.9 Å². The Balaban J connectivity index is 3.01. The number of benzene rings is 1. The van der Waals surface area contributed by atoms with Gasteiger partial charge in [-0.15, -0.1) is 0 Å². The van der Waals surface area contributed by atoms with E-state index >= 15 is 0 Å². The molecule has 0 aliphatic carbocycles. The molecule has 1 aromatic carbocycles. The molecule has 0 bridgehead atoms. The van der Waals surface area contributed by atoms with Gasteiger partial charge in [0.15, 0.2) is 0 Å². The van der Waals surface area contributed by atoms with Gasteiger partial charge >= 0.3 is 0 Å². The monoisotopic (exact) mass is 235 g/mol. The van der Waals surface area contributed by atoms with Crippen LogP contribution in [-0.2, 0) is 0 Å². The first-order chi connectivity index (χ1) is 8.13. The zero-order valence-electron chi connectivity index (χ0n) is 10.3. The maximum atomic E-state index is 13.7. The van der Waals surface area contributed by atoms with E-state index in [1.54, 1.807) is 6.07 Å². The molecule has 1 unspecified atom stereocenters. The van der Waals surface area contributed by atoms with E-state index in [0.29, 0.717) is 24.2 Å². The summed E-state index contributed by atoms with van der Waals surface area (Å²) in [4.78, 5) is 2.08. The Labute approximate surface area is 102 Å². The summed E-state index contributed by atoms with van der Waals surface area (Å²) >= 11 is 0. The summed E-state index contributed by atoms with van der Waals surface area (Å²) in [6.45, 7) is 6.00. The fourth-order valence-electron chi connectivity index (χ4n) is 1.92. The molecule has 2 N–H and O–H groups in total. The van der Waals surface area contributed by atoms with Crippen LogP contribution < -0.4 is 5.73 Å². The Hall–Kier alpha value is -1.44. The summed E-state index contributed by atoms with van der Waals surface area (Å²) in [5, 5.41) is 8.83. The maximum absolute atomic E-state index is 13.7. The minimum Gasteiger partial charge on any atom is -0.329 e. The van der Waals surface area contributed by atoms with E-state index in [0.717, 1.165) is 6.54 Å². The Kier molecular flexibility index (Phi) is 5.08. The number of hydrogen-bond donors (Lipinski definition) is 1. The predicted molar refractivity (Wildman–Crippen MR) is 65.8 cm³/mol. The summed E-state index contributed by atoms with van der Waals surface area (Å²) < 4.78 is 13.7. The van der Waals surface area contributed by atoms with Crippen molar-refractivity contribution in [1.82, 2.24) is 4.90 Å². The van der Waals surface area contributed by atoms with Gasteiger partial charge < -0.3 is 5.73 Å². The fraction of sp³-hybridized carbons (Fsp3) is 0.462. The number of hydrogen-bond acceptors (Lipinski definition) is 3. The molecule has 0 radical (unpaired) electrons. The molecule has 3 nitrogen and oxygen atoms in total. The second kappa shape index (κ2) is 6.33. The van der Waals surface area contributed by atoms with Crippen LogP contribution in [0.2, 0.25) is 0 Å². The van der Waals surface area contributed by atoms with E-state index < -0.39 is 0 Å². The standard InChI is InChI=1S/C13H18FN3/c1-3-17(7-6-15)10(2)12-8-11(9-16)4-5-13(12)14/h4-5,8,10H,3,6-7,15H2,1-2H3. The number of likely N-dealkylation sites (N-methyl/N-ethyl adjacent to an activating group) is 1. The predicted octanol–water partition coefficient (Wildman–Crippen LogP) is 2.04. The van der Waals surface area contributed by atoms with E-state index in [4.69, 9.17) is 11.0 Å². The van der Waals surface area contributed by atoms with Crippen molar-refractivity contribution in [2.75, 3.05) is 19.6 Å². The SMILES string of the molecule is CCN(CCN)C(C)c1cc(C#N)ccc1F. The summed E-state index contributed by atoms with van der Waals surface area (Å²) in [5.41, 5.74) is 6.57. The van der Waals surface area contributed by atoms with Crippen LogP contribution in [0.1, 0.15) is 31.0 Å². The van der Waals surface area contributed by atoms with Crippen LogP contribution in [0.15, 0.2) is 18.2 Å². The van der Waals surface area contributed by atoms with Crippen LogP contribution in [0.4, 0.5) is 4.39 Å². The van der Waals surface area contributed by atoms with Gasteiger partial charge in [-0.3, -0.25) is 4.90 Å². The van der Waals surface area contributed by atoms with Crippen molar-refractivity contribution in [3.8, 4) is 6.07 Å². The lowest BCUT2D eigenvalue weighted by molar-refractivity contribution is 0.224. The van der Waals surface area contributed by atoms with Crippen molar-refractivity contribution < 1.29 is 4.39 Å². The smallest absolute Gasteiger partial charge is 0.128 e. The third-order valence-electron chi connectivity index (χ3n) is 2.95. The molecule has 0 aliphatic rings. The highest BCUT2D eigenvalue weighted by Gasteiger charge is 2.17. The summed E-state index contributed by atoms with van der Waals surface area (Å²) in [7, 11) is 0. The van der Waals surface area contributed by atoms with Gasteiger partial charge in [0.1, 0.15) is 5.82 Å². The molecule has 0 saturated carbocycles. The maximum Gasteiger partial charge on any atom is 0.128 e. The quantitative estimate of drug-likeness (QED) is 0.849. The van der Waals surface area contributed by atoms with Crippen molar-refractivity contribution in [2.24, 2.45) is 5.73 Å². The zero-order valence-corrected chi connectivity index (χ0v) is 10.3. The van der Waals surface area contributed by atoms with Crippen molar-refractivity contribution in [3.63, 3.8) is 0 Å². The van der Waals surface area contributed by atoms with Gasteiger partial charge in [-0.2, -0.15) is 5.26 Å². The molecule has 92 valence electrons. The molecule has 0 heterocycles. The highest BCUT2D eigenvalue weighted by atomic mass is 19.1.